The molecule has 2 aromatic carbocycles. The number of hydrogen-bond donors (Lipinski definition) is 1. The first-order valence-corrected chi connectivity index (χ1v) is 9.29. The maximum atomic E-state index is 12.7. The molecule has 21 heavy (non-hydrogen) atoms. The van der Waals surface area contributed by atoms with Crippen molar-refractivity contribution in [2.75, 3.05) is 11.0 Å². The zero-order valence-electron chi connectivity index (χ0n) is 12.6. The number of benzene rings is 2. The molecule has 0 aliphatic rings. The Kier molecular flexibility index (Phi) is 4.64. The molecule has 0 aromatic heterocycles. The highest BCUT2D eigenvalue weighted by molar-refractivity contribution is 7.99. The van der Waals surface area contributed by atoms with Crippen LogP contribution in [0.3, 0.4) is 0 Å². The molecule has 2 aromatic rings. The molecule has 0 saturated heterocycles. The van der Waals surface area contributed by atoms with Gasteiger partial charge in [-0.05, 0) is 50.3 Å². The second kappa shape index (κ2) is 6.12. The third-order valence-corrected chi connectivity index (χ3v) is 5.69. The van der Waals surface area contributed by atoms with Gasteiger partial charge < -0.3 is 0 Å². The van der Waals surface area contributed by atoms with E-state index in [0.29, 0.717) is 10.6 Å². The molecule has 5 heteroatoms. The summed E-state index contributed by atoms with van der Waals surface area (Å²) in [6.45, 7) is 5.62. The Bertz CT molecular complexity index is 745. The highest BCUT2D eigenvalue weighted by atomic mass is 32.2. The number of sulfonamides is 1. The lowest BCUT2D eigenvalue weighted by Gasteiger charge is -2.15. The monoisotopic (exact) mass is 321 g/mol. The third-order valence-electron chi connectivity index (χ3n) is 3.22. The van der Waals surface area contributed by atoms with E-state index in [9.17, 15) is 8.42 Å². The van der Waals surface area contributed by atoms with Crippen LogP contribution in [0.5, 0.6) is 0 Å². The number of thioether (sulfide) groups is 1. The van der Waals surface area contributed by atoms with Crippen molar-refractivity contribution in [3.63, 3.8) is 0 Å². The lowest BCUT2D eigenvalue weighted by molar-refractivity contribution is 0.600. The Labute approximate surface area is 130 Å². The van der Waals surface area contributed by atoms with Crippen molar-refractivity contribution in [1.29, 1.82) is 0 Å². The van der Waals surface area contributed by atoms with E-state index < -0.39 is 10.0 Å². The summed E-state index contributed by atoms with van der Waals surface area (Å²) in [7, 11) is -3.59. The predicted octanol–water partition coefficient (Wildman–Crippen LogP) is 4.13. The number of hydrogen-bond acceptors (Lipinski definition) is 3. The molecule has 0 aliphatic heterocycles. The molecule has 0 saturated carbocycles. The van der Waals surface area contributed by atoms with Crippen molar-refractivity contribution in [2.24, 2.45) is 0 Å². The van der Waals surface area contributed by atoms with Gasteiger partial charge in [-0.15, -0.1) is 11.8 Å². The van der Waals surface area contributed by atoms with E-state index in [4.69, 9.17) is 0 Å². The van der Waals surface area contributed by atoms with E-state index >= 15 is 0 Å². The van der Waals surface area contributed by atoms with E-state index in [2.05, 4.69) is 4.72 Å². The van der Waals surface area contributed by atoms with Crippen LogP contribution < -0.4 is 4.72 Å². The first-order chi connectivity index (χ1) is 9.85. The number of nitrogens with one attached hydrogen (secondary N) is 1. The maximum absolute atomic E-state index is 12.7. The van der Waals surface area contributed by atoms with Gasteiger partial charge in [0.2, 0.25) is 0 Å². The molecular formula is C16H19NO2S2. The fourth-order valence-electron chi connectivity index (χ4n) is 2.52. The largest absolute Gasteiger partial charge is 0.278 e. The summed E-state index contributed by atoms with van der Waals surface area (Å²) in [5.74, 6) is 0. The smallest absolute Gasteiger partial charge is 0.262 e. The van der Waals surface area contributed by atoms with Crippen LogP contribution >= 0.6 is 11.8 Å². The molecule has 0 spiro atoms. The summed E-state index contributed by atoms with van der Waals surface area (Å²) in [6.07, 6.45) is 1.93. The molecule has 0 amide bonds. The minimum absolute atomic E-state index is 0.365. The van der Waals surface area contributed by atoms with Crippen LogP contribution in [-0.4, -0.2) is 14.7 Å². The van der Waals surface area contributed by atoms with Gasteiger partial charge in [-0.25, -0.2) is 8.42 Å². The fraction of sp³-hybridized carbons (Fsp3) is 0.250. The van der Waals surface area contributed by atoms with Gasteiger partial charge in [-0.3, -0.25) is 4.72 Å². The van der Waals surface area contributed by atoms with Crippen LogP contribution in [0.25, 0.3) is 0 Å². The lowest BCUT2D eigenvalue weighted by Crippen LogP contribution is -2.16. The lowest BCUT2D eigenvalue weighted by atomic mass is 10.1. The molecule has 0 unspecified atom stereocenters. The first-order valence-electron chi connectivity index (χ1n) is 6.59. The zero-order valence-corrected chi connectivity index (χ0v) is 14.2. The van der Waals surface area contributed by atoms with Crippen LogP contribution in [0.1, 0.15) is 16.7 Å². The van der Waals surface area contributed by atoms with Crippen molar-refractivity contribution in [1.82, 2.24) is 0 Å². The van der Waals surface area contributed by atoms with E-state index in [1.54, 1.807) is 6.07 Å². The van der Waals surface area contributed by atoms with Crippen LogP contribution in [0.2, 0.25) is 0 Å². The number of anilines is 1. The standard InChI is InChI=1S/C16H19NO2S2/c1-11-9-12(2)16(13(3)10-11)21(18,19)17-14-7-5-6-8-15(14)20-4/h5-10,17H,1-4H3. The van der Waals surface area contributed by atoms with Gasteiger partial charge in [0.1, 0.15) is 0 Å². The summed E-state index contributed by atoms with van der Waals surface area (Å²) in [5.41, 5.74) is 3.21. The van der Waals surface area contributed by atoms with Crippen molar-refractivity contribution >= 4 is 27.5 Å². The van der Waals surface area contributed by atoms with Crippen LogP contribution in [-0.2, 0) is 10.0 Å². The van der Waals surface area contributed by atoms with E-state index in [1.165, 1.54) is 11.8 Å². The van der Waals surface area contributed by atoms with Crippen molar-refractivity contribution in [3.8, 4) is 0 Å². The molecule has 0 aliphatic carbocycles. The molecular weight excluding hydrogens is 302 g/mol. The van der Waals surface area contributed by atoms with Crippen LogP contribution in [0.15, 0.2) is 46.2 Å². The van der Waals surface area contributed by atoms with Gasteiger partial charge in [0.15, 0.2) is 0 Å². The molecule has 1 N–H and O–H groups in total. The van der Waals surface area contributed by atoms with Crippen LogP contribution in [0, 0.1) is 20.8 Å². The molecule has 112 valence electrons. The van der Waals surface area contributed by atoms with Crippen molar-refractivity contribution in [3.05, 3.63) is 53.1 Å². The van der Waals surface area contributed by atoms with Gasteiger partial charge in [-0.2, -0.15) is 0 Å². The van der Waals surface area contributed by atoms with Crippen molar-refractivity contribution < 1.29 is 8.42 Å². The Morgan fingerprint density at radius 1 is 1.00 bits per heavy atom. The van der Waals surface area contributed by atoms with Crippen molar-refractivity contribution in [2.45, 2.75) is 30.6 Å². The summed E-state index contributed by atoms with van der Waals surface area (Å²) in [4.78, 5) is 1.27. The van der Waals surface area contributed by atoms with Gasteiger partial charge >= 0.3 is 0 Å². The number of para-hydroxylation sites is 1. The summed E-state index contributed by atoms with van der Waals surface area (Å²) in [6, 6.07) is 11.2. The van der Waals surface area contributed by atoms with Gasteiger partial charge in [0.25, 0.3) is 10.0 Å². The molecule has 0 atom stereocenters. The maximum Gasteiger partial charge on any atom is 0.262 e. The Balaban J connectivity index is 2.49. The molecule has 3 nitrogen and oxygen atoms in total. The SMILES string of the molecule is CSc1ccccc1NS(=O)(=O)c1c(C)cc(C)cc1C. The van der Waals surface area contributed by atoms with E-state index in [1.807, 2.05) is 57.4 Å². The number of rotatable bonds is 4. The topological polar surface area (TPSA) is 46.2 Å². The molecule has 0 heterocycles. The molecule has 0 fully saturated rings. The predicted molar refractivity (Wildman–Crippen MR) is 89.7 cm³/mol. The van der Waals surface area contributed by atoms with Gasteiger partial charge in [0, 0.05) is 4.90 Å². The second-order valence-electron chi connectivity index (χ2n) is 5.03. The molecule has 0 radical (unpaired) electrons. The molecule has 2 rings (SSSR count). The molecule has 0 bridgehead atoms. The van der Waals surface area contributed by atoms with Gasteiger partial charge in [-0.1, -0.05) is 29.8 Å². The summed E-state index contributed by atoms with van der Waals surface area (Å²) >= 11 is 1.52. The highest BCUT2D eigenvalue weighted by Gasteiger charge is 2.20. The van der Waals surface area contributed by atoms with E-state index in [0.717, 1.165) is 21.6 Å². The highest BCUT2D eigenvalue weighted by Crippen LogP contribution is 2.29. The average Bonchev–Trinajstić information content (AvgIpc) is 2.37. The fourth-order valence-corrected chi connectivity index (χ4v) is 4.67. The van der Waals surface area contributed by atoms with Crippen LogP contribution in [0.4, 0.5) is 5.69 Å². The Hall–Kier alpha value is -1.46. The average molecular weight is 321 g/mol. The number of aryl methyl sites for hydroxylation is 3. The van der Waals surface area contributed by atoms with Gasteiger partial charge in [0.05, 0.1) is 10.6 Å². The minimum Gasteiger partial charge on any atom is -0.278 e. The zero-order chi connectivity index (χ0) is 15.6. The third kappa shape index (κ3) is 3.41. The summed E-state index contributed by atoms with van der Waals surface area (Å²) in [5, 5.41) is 0. The second-order valence-corrected chi connectivity index (χ2v) is 7.50. The first kappa shape index (κ1) is 15.9. The Morgan fingerprint density at radius 3 is 2.14 bits per heavy atom. The minimum atomic E-state index is -3.59. The normalized spacial score (nSPS) is 11.4. The Morgan fingerprint density at radius 2 is 1.57 bits per heavy atom. The summed E-state index contributed by atoms with van der Waals surface area (Å²) < 4.78 is 28.1. The quantitative estimate of drug-likeness (QED) is 0.861. The van der Waals surface area contributed by atoms with E-state index in [-0.39, 0.29) is 0 Å².